The number of hydrogen-bond donors (Lipinski definition) is 1. The Morgan fingerprint density at radius 3 is 1.55 bits per heavy atom. The van der Waals surface area contributed by atoms with Gasteiger partial charge in [-0.2, -0.15) is 0 Å². The summed E-state index contributed by atoms with van der Waals surface area (Å²) >= 11 is 9.59. The SMILES string of the molecule is NC[C@H]1CN(c2ccc(N3CCOCC3)c(F)c2)C(=O)O1.O=C1O[C@@H](CN=C=S)CN1c1ccc(N2CCOCC2)c(F)c1.O=c1ccccn1C(=S)n1ccccc1=O. The van der Waals surface area contributed by atoms with Gasteiger partial charge in [-0.05, 0) is 73.0 Å². The third kappa shape index (κ3) is 10.8. The van der Waals surface area contributed by atoms with Gasteiger partial charge in [0.1, 0.15) is 23.8 Å². The number of cyclic esters (lactones) is 2. The second-order valence-corrected chi connectivity index (χ2v) is 14.0. The summed E-state index contributed by atoms with van der Waals surface area (Å²) in [7, 11) is 0. The maximum atomic E-state index is 14.4. The number of halogens is 2. The molecule has 4 aromatic rings. The molecule has 16 nitrogen and oxygen atoms in total. The van der Waals surface area contributed by atoms with Crippen LogP contribution in [0.5, 0.6) is 0 Å². The quantitative estimate of drug-likeness (QED) is 0.211. The number of ether oxygens (including phenoxy) is 4. The van der Waals surface area contributed by atoms with Crippen LogP contribution in [0.4, 0.5) is 41.1 Å². The van der Waals surface area contributed by atoms with Crippen molar-refractivity contribution < 1.29 is 37.3 Å². The lowest BCUT2D eigenvalue weighted by molar-refractivity contribution is 0.122. The molecule has 2 atom stereocenters. The first-order valence-electron chi connectivity index (χ1n) is 18.9. The summed E-state index contributed by atoms with van der Waals surface area (Å²) in [5.74, 6) is -0.712. The molecular formula is C40H42F2N8O8S2. The zero-order valence-corrected chi connectivity index (χ0v) is 33.9. The summed E-state index contributed by atoms with van der Waals surface area (Å²) in [6.07, 6.45) is 1.35. The van der Waals surface area contributed by atoms with Gasteiger partial charge in [0.2, 0.25) is 0 Å². The Kier molecular flexibility index (Phi) is 15.2. The van der Waals surface area contributed by atoms with Crippen molar-refractivity contribution in [2.45, 2.75) is 12.2 Å². The van der Waals surface area contributed by atoms with E-state index >= 15 is 0 Å². The van der Waals surface area contributed by atoms with Crippen molar-refractivity contribution in [1.29, 1.82) is 0 Å². The fourth-order valence-electron chi connectivity index (χ4n) is 6.56. The molecule has 2 amide bonds. The predicted molar refractivity (Wildman–Crippen MR) is 228 cm³/mol. The second-order valence-electron chi connectivity index (χ2n) is 13.5. The van der Waals surface area contributed by atoms with Crippen LogP contribution in [-0.4, -0.2) is 123 Å². The highest BCUT2D eigenvalue weighted by Crippen LogP contribution is 2.30. The van der Waals surface area contributed by atoms with Crippen molar-refractivity contribution in [3.05, 3.63) is 118 Å². The fraction of sp³-hybridized carbons (Fsp3) is 0.350. The highest BCUT2D eigenvalue weighted by Gasteiger charge is 2.33. The minimum absolute atomic E-state index is 0.149. The standard InChI is InChI=1S/C15H16FN3O3S.C14H18FN3O3.C11H8N2O2S/c16-13-7-11(1-2-14(13)18-3-5-21-6-4-18)19-9-12(8-17-10-23)22-15(19)20;15-12-7-10(18-9-11(8-16)21-14(18)19)1-2-13(12)17-3-5-20-6-4-17;14-9-5-1-3-7-12(9)11(16)13-8-4-2-6-10(13)15/h1-2,7,12H,3-6,8-9H2;1-2,7,11H,3-6,8-9,16H2;1-8H/t12-;11-;/m00./s1. The number of aromatic nitrogens is 2. The smallest absolute Gasteiger partial charge is 0.414 e. The number of anilines is 4. The van der Waals surface area contributed by atoms with E-state index in [1.807, 2.05) is 9.80 Å². The number of amides is 2. The van der Waals surface area contributed by atoms with Gasteiger partial charge in [-0.25, -0.2) is 23.4 Å². The Bertz CT molecular complexity index is 2280. The molecule has 2 N–H and O–H groups in total. The molecule has 0 saturated carbocycles. The number of benzene rings is 2. The fourth-order valence-corrected chi connectivity index (χ4v) is 6.93. The van der Waals surface area contributed by atoms with E-state index in [4.69, 9.17) is 36.9 Å². The topological polar surface area (TPSA) is 166 Å². The molecule has 0 bridgehead atoms. The van der Waals surface area contributed by atoms with Crippen LogP contribution >= 0.6 is 24.4 Å². The zero-order valence-electron chi connectivity index (χ0n) is 32.3. The molecular weight excluding hydrogens is 823 g/mol. The molecule has 4 saturated heterocycles. The molecule has 0 radical (unpaired) electrons. The molecule has 60 heavy (non-hydrogen) atoms. The highest BCUT2D eigenvalue weighted by atomic mass is 32.1. The van der Waals surface area contributed by atoms with E-state index in [1.165, 1.54) is 55.6 Å². The van der Waals surface area contributed by atoms with E-state index in [9.17, 15) is 28.0 Å². The Labute approximate surface area is 353 Å². The van der Waals surface area contributed by atoms with Crippen LogP contribution in [0.15, 0.2) is 99.8 Å². The summed E-state index contributed by atoms with van der Waals surface area (Å²) in [5.41, 5.74) is 6.98. The maximum absolute atomic E-state index is 14.4. The van der Waals surface area contributed by atoms with Gasteiger partial charge >= 0.3 is 12.2 Å². The van der Waals surface area contributed by atoms with Gasteiger partial charge in [-0.1, -0.05) is 12.1 Å². The van der Waals surface area contributed by atoms with Gasteiger partial charge in [0, 0.05) is 57.3 Å². The first-order valence-corrected chi connectivity index (χ1v) is 19.7. The van der Waals surface area contributed by atoms with Gasteiger partial charge in [-0.3, -0.25) is 28.5 Å². The van der Waals surface area contributed by atoms with Gasteiger partial charge in [0.05, 0.1) is 74.0 Å². The molecule has 0 aliphatic carbocycles. The Morgan fingerprint density at radius 1 is 0.700 bits per heavy atom. The number of aliphatic imine (C=N–C) groups is 1. The minimum Gasteiger partial charge on any atom is -0.443 e. The van der Waals surface area contributed by atoms with Crippen molar-refractivity contribution in [3.8, 4) is 0 Å². The van der Waals surface area contributed by atoms with Crippen molar-refractivity contribution in [2.24, 2.45) is 10.7 Å². The predicted octanol–water partition coefficient (Wildman–Crippen LogP) is 3.73. The Morgan fingerprint density at radius 2 is 1.15 bits per heavy atom. The molecule has 6 heterocycles. The summed E-state index contributed by atoms with van der Waals surface area (Å²) in [6.45, 7) is 6.19. The lowest BCUT2D eigenvalue weighted by Gasteiger charge is -2.29. The van der Waals surface area contributed by atoms with Crippen LogP contribution in [0.2, 0.25) is 0 Å². The summed E-state index contributed by atoms with van der Waals surface area (Å²) in [4.78, 5) is 57.1. The number of morpholine rings is 2. The molecule has 316 valence electrons. The van der Waals surface area contributed by atoms with Crippen molar-refractivity contribution >= 4 is 69.6 Å². The van der Waals surface area contributed by atoms with Gasteiger partial charge in [0.15, 0.2) is 5.11 Å². The van der Waals surface area contributed by atoms with E-state index in [-0.39, 0.29) is 53.2 Å². The number of nitrogens with two attached hydrogens (primary N) is 1. The third-order valence-corrected chi connectivity index (χ3v) is 10.1. The number of hydrogen-bond acceptors (Lipinski definition) is 14. The molecule has 4 aliphatic rings. The number of carbonyl (C=O) groups excluding carboxylic acids is 2. The first kappa shape index (κ1) is 43.7. The molecule has 2 aromatic carbocycles. The normalized spacial score (nSPS) is 18.6. The van der Waals surface area contributed by atoms with Crippen molar-refractivity contribution in [2.75, 3.05) is 98.4 Å². The monoisotopic (exact) mass is 864 g/mol. The van der Waals surface area contributed by atoms with Crippen LogP contribution in [-0.2, 0) is 18.9 Å². The van der Waals surface area contributed by atoms with Crippen LogP contribution in [0, 0.1) is 11.6 Å². The average Bonchev–Trinajstić information content (AvgIpc) is 3.85. The first-order chi connectivity index (χ1) is 29.1. The number of nitrogens with zero attached hydrogens (tertiary/aromatic N) is 7. The van der Waals surface area contributed by atoms with Gasteiger partial charge in [0.25, 0.3) is 11.1 Å². The second kappa shape index (κ2) is 20.9. The van der Waals surface area contributed by atoms with Crippen LogP contribution in [0.3, 0.4) is 0 Å². The van der Waals surface area contributed by atoms with E-state index in [0.717, 1.165) is 0 Å². The lowest BCUT2D eigenvalue weighted by Crippen LogP contribution is -2.36. The maximum Gasteiger partial charge on any atom is 0.414 e. The molecule has 2 aromatic heterocycles. The van der Waals surface area contributed by atoms with Crippen LogP contribution < -0.4 is 36.5 Å². The molecule has 4 aliphatic heterocycles. The minimum atomic E-state index is -0.506. The van der Waals surface area contributed by atoms with Crippen LogP contribution in [0.25, 0.3) is 0 Å². The summed E-state index contributed by atoms with van der Waals surface area (Å²) in [5, 5.41) is 2.39. The zero-order chi connectivity index (χ0) is 42.6. The van der Waals surface area contributed by atoms with Crippen LogP contribution in [0.1, 0.15) is 0 Å². The number of pyridine rings is 2. The molecule has 8 rings (SSSR count). The Hall–Kier alpha value is -5.89. The average molecular weight is 865 g/mol. The Balaban J connectivity index is 0.000000153. The van der Waals surface area contributed by atoms with E-state index in [1.54, 1.807) is 48.5 Å². The van der Waals surface area contributed by atoms with Crippen molar-refractivity contribution in [1.82, 2.24) is 9.13 Å². The number of carbonyl (C=O) groups is 2. The molecule has 4 fully saturated rings. The van der Waals surface area contributed by atoms with Gasteiger partial charge in [-0.15, -0.1) is 0 Å². The van der Waals surface area contributed by atoms with Crippen molar-refractivity contribution in [3.63, 3.8) is 0 Å². The number of isothiocyanates is 1. The van der Waals surface area contributed by atoms with Gasteiger partial charge < -0.3 is 34.5 Å². The number of thiocarbonyl (C=S) groups is 2. The van der Waals surface area contributed by atoms with E-state index < -0.39 is 12.2 Å². The number of rotatable bonds is 7. The molecule has 20 heteroatoms. The lowest BCUT2D eigenvalue weighted by atomic mass is 10.2. The van der Waals surface area contributed by atoms with E-state index in [2.05, 4.69) is 22.4 Å². The highest BCUT2D eigenvalue weighted by molar-refractivity contribution is 7.80. The summed E-state index contributed by atoms with van der Waals surface area (Å²) in [6, 6.07) is 18.9. The van der Waals surface area contributed by atoms with E-state index in [0.29, 0.717) is 88.4 Å². The largest absolute Gasteiger partial charge is 0.443 e. The molecule has 0 unspecified atom stereocenters. The third-order valence-electron chi connectivity index (χ3n) is 9.62. The summed E-state index contributed by atoms with van der Waals surface area (Å²) < 4.78 is 52.0. The molecule has 0 spiro atoms.